The number of ketones is 2. The van der Waals surface area contributed by atoms with Crippen LogP contribution < -0.4 is 0 Å². The van der Waals surface area contributed by atoms with E-state index in [2.05, 4.69) is 0 Å². The molecule has 0 aliphatic heterocycles. The Bertz CT molecular complexity index is 368. The summed E-state index contributed by atoms with van der Waals surface area (Å²) in [6.45, 7) is 0. The Balaban J connectivity index is 2.69. The summed E-state index contributed by atoms with van der Waals surface area (Å²) in [5.74, 6) is -3.74. The molecule has 0 bridgehead atoms. The van der Waals surface area contributed by atoms with Gasteiger partial charge in [-0.2, -0.15) is 13.2 Å². The fourth-order valence-electron chi connectivity index (χ4n) is 1.02. The molecule has 0 N–H and O–H groups in total. The lowest BCUT2D eigenvalue weighted by atomic mass is 10.1. The highest BCUT2D eigenvalue weighted by Gasteiger charge is 2.42. The number of hydrogen-bond acceptors (Lipinski definition) is 2. The largest absolute Gasteiger partial charge is 0.458 e. The SMILES string of the molecule is O=C(Cc1ccccc1)C(=O)C(F)(F)F. The van der Waals surface area contributed by atoms with Crippen LogP contribution in [-0.4, -0.2) is 17.7 Å². The van der Waals surface area contributed by atoms with E-state index in [-0.39, 0.29) is 0 Å². The van der Waals surface area contributed by atoms with Crippen LogP contribution in [0, 0.1) is 0 Å². The molecule has 0 radical (unpaired) electrons. The molecule has 0 spiro atoms. The summed E-state index contributed by atoms with van der Waals surface area (Å²) in [5, 5.41) is 0. The van der Waals surface area contributed by atoms with Crippen molar-refractivity contribution in [3.05, 3.63) is 35.9 Å². The van der Waals surface area contributed by atoms with E-state index < -0.39 is 24.2 Å². The van der Waals surface area contributed by atoms with Crippen LogP contribution in [-0.2, 0) is 16.0 Å². The maximum absolute atomic E-state index is 11.8. The highest BCUT2D eigenvalue weighted by molar-refractivity contribution is 6.39. The number of carbonyl (C=O) groups excluding carboxylic acids is 2. The van der Waals surface area contributed by atoms with Gasteiger partial charge in [0.2, 0.25) is 5.78 Å². The molecule has 0 aliphatic carbocycles. The predicted octanol–water partition coefficient (Wildman–Crippen LogP) is 1.93. The van der Waals surface area contributed by atoms with Gasteiger partial charge >= 0.3 is 12.0 Å². The zero-order valence-corrected chi connectivity index (χ0v) is 7.54. The van der Waals surface area contributed by atoms with Crippen LogP contribution in [0.4, 0.5) is 13.2 Å². The average Bonchev–Trinajstić information content (AvgIpc) is 2.16. The van der Waals surface area contributed by atoms with Crippen LogP contribution in [0.25, 0.3) is 0 Å². The third kappa shape index (κ3) is 3.19. The quantitative estimate of drug-likeness (QED) is 0.723. The van der Waals surface area contributed by atoms with Crippen molar-refractivity contribution in [3.63, 3.8) is 0 Å². The van der Waals surface area contributed by atoms with Gasteiger partial charge in [0.05, 0.1) is 0 Å². The summed E-state index contributed by atoms with van der Waals surface area (Å²) in [6.07, 6.45) is -5.59. The van der Waals surface area contributed by atoms with Gasteiger partial charge in [0.25, 0.3) is 0 Å². The maximum Gasteiger partial charge on any atom is 0.458 e. The standard InChI is InChI=1S/C10H7F3O2/c11-10(12,13)9(15)8(14)6-7-4-2-1-3-5-7/h1-5H,6H2. The molecule has 1 aromatic rings. The Hall–Kier alpha value is -1.65. The molecule has 0 unspecified atom stereocenters. The molecule has 5 heteroatoms. The molecule has 1 rings (SSSR count). The second-order valence-electron chi connectivity index (χ2n) is 2.91. The van der Waals surface area contributed by atoms with Crippen LogP contribution in [0.1, 0.15) is 5.56 Å². The van der Waals surface area contributed by atoms with Gasteiger partial charge in [-0.05, 0) is 5.56 Å². The summed E-state index contributed by atoms with van der Waals surface area (Å²) in [7, 11) is 0. The summed E-state index contributed by atoms with van der Waals surface area (Å²) in [5.41, 5.74) is 0.389. The van der Waals surface area contributed by atoms with E-state index in [0.717, 1.165) is 0 Å². The highest BCUT2D eigenvalue weighted by atomic mass is 19.4. The fourth-order valence-corrected chi connectivity index (χ4v) is 1.02. The van der Waals surface area contributed by atoms with E-state index in [1.165, 1.54) is 12.1 Å². The molecule has 0 aliphatic rings. The van der Waals surface area contributed by atoms with Crippen LogP contribution >= 0.6 is 0 Å². The van der Waals surface area contributed by atoms with Gasteiger partial charge in [-0.15, -0.1) is 0 Å². The first-order valence-electron chi connectivity index (χ1n) is 4.09. The van der Waals surface area contributed by atoms with Gasteiger partial charge in [0.15, 0.2) is 0 Å². The Labute approximate surface area is 83.7 Å². The normalized spacial score (nSPS) is 11.1. The van der Waals surface area contributed by atoms with Crippen LogP contribution in [0.5, 0.6) is 0 Å². The van der Waals surface area contributed by atoms with E-state index >= 15 is 0 Å². The smallest absolute Gasteiger partial charge is 0.290 e. The second-order valence-corrected chi connectivity index (χ2v) is 2.91. The van der Waals surface area contributed by atoms with Crippen LogP contribution in [0.15, 0.2) is 30.3 Å². The summed E-state index contributed by atoms with van der Waals surface area (Å²) >= 11 is 0. The summed E-state index contributed by atoms with van der Waals surface area (Å²) < 4.78 is 35.5. The molecule has 1 aromatic carbocycles. The monoisotopic (exact) mass is 216 g/mol. The molecule has 0 heterocycles. The lowest BCUT2D eigenvalue weighted by Crippen LogP contribution is -2.31. The molecule has 0 atom stereocenters. The first-order valence-corrected chi connectivity index (χ1v) is 4.09. The first-order chi connectivity index (χ1) is 6.91. The molecule has 0 aromatic heterocycles. The summed E-state index contributed by atoms with van der Waals surface area (Å²) in [6, 6.07) is 7.81. The number of alkyl halides is 3. The number of rotatable bonds is 3. The van der Waals surface area contributed by atoms with Crippen LogP contribution in [0.2, 0.25) is 0 Å². The van der Waals surface area contributed by atoms with Crippen molar-refractivity contribution in [2.45, 2.75) is 12.6 Å². The number of Topliss-reactive ketones (excluding diaryl/α,β-unsaturated/α-hetero) is 2. The molecule has 2 nitrogen and oxygen atoms in total. The Morgan fingerprint density at radius 2 is 1.60 bits per heavy atom. The number of halogens is 3. The molecule has 0 amide bonds. The van der Waals surface area contributed by atoms with Crippen molar-refractivity contribution in [2.75, 3.05) is 0 Å². The van der Waals surface area contributed by atoms with E-state index in [9.17, 15) is 22.8 Å². The van der Waals surface area contributed by atoms with Crippen molar-refractivity contribution < 1.29 is 22.8 Å². The minimum Gasteiger partial charge on any atom is -0.290 e. The number of hydrogen-bond donors (Lipinski definition) is 0. The summed E-state index contributed by atoms with van der Waals surface area (Å²) in [4.78, 5) is 21.4. The molecular formula is C10H7F3O2. The van der Waals surface area contributed by atoms with Gasteiger partial charge < -0.3 is 0 Å². The van der Waals surface area contributed by atoms with Crippen molar-refractivity contribution in [3.8, 4) is 0 Å². The molecular weight excluding hydrogens is 209 g/mol. The average molecular weight is 216 g/mol. The minimum absolute atomic E-state index is 0.389. The van der Waals surface area contributed by atoms with Gasteiger partial charge in [0, 0.05) is 6.42 Å². The first kappa shape index (κ1) is 11.4. The maximum atomic E-state index is 11.8. The van der Waals surface area contributed by atoms with Crippen LogP contribution in [0.3, 0.4) is 0 Å². The van der Waals surface area contributed by atoms with Crippen molar-refractivity contribution in [2.24, 2.45) is 0 Å². The topological polar surface area (TPSA) is 34.1 Å². The lowest BCUT2D eigenvalue weighted by Gasteiger charge is -2.03. The molecule has 0 saturated carbocycles. The third-order valence-electron chi connectivity index (χ3n) is 1.72. The van der Waals surface area contributed by atoms with Gasteiger partial charge in [-0.25, -0.2) is 0 Å². The highest BCUT2D eigenvalue weighted by Crippen LogP contribution is 2.17. The number of carbonyl (C=O) groups is 2. The van der Waals surface area contributed by atoms with Crippen molar-refractivity contribution in [1.29, 1.82) is 0 Å². The fraction of sp³-hybridized carbons (Fsp3) is 0.200. The molecule has 0 fully saturated rings. The van der Waals surface area contributed by atoms with Crippen molar-refractivity contribution >= 4 is 11.6 Å². The molecule has 15 heavy (non-hydrogen) atoms. The predicted molar refractivity (Wildman–Crippen MR) is 46.2 cm³/mol. The van der Waals surface area contributed by atoms with E-state index in [1.807, 2.05) is 0 Å². The van der Waals surface area contributed by atoms with Crippen molar-refractivity contribution in [1.82, 2.24) is 0 Å². The third-order valence-corrected chi connectivity index (χ3v) is 1.72. The minimum atomic E-state index is -5.08. The Morgan fingerprint density at radius 1 is 1.07 bits per heavy atom. The van der Waals surface area contributed by atoms with E-state index in [1.54, 1.807) is 18.2 Å². The van der Waals surface area contributed by atoms with E-state index in [4.69, 9.17) is 0 Å². The Kier molecular flexibility index (Phi) is 3.24. The van der Waals surface area contributed by atoms with E-state index in [0.29, 0.717) is 5.56 Å². The zero-order valence-electron chi connectivity index (χ0n) is 7.54. The molecule has 0 saturated heterocycles. The van der Waals surface area contributed by atoms with Gasteiger partial charge in [-0.3, -0.25) is 9.59 Å². The van der Waals surface area contributed by atoms with Gasteiger partial charge in [-0.1, -0.05) is 30.3 Å². The number of benzene rings is 1. The van der Waals surface area contributed by atoms with Gasteiger partial charge in [0.1, 0.15) is 0 Å². The lowest BCUT2D eigenvalue weighted by molar-refractivity contribution is -0.174. The zero-order chi connectivity index (χ0) is 11.5. The second kappa shape index (κ2) is 4.25. The molecule has 80 valence electrons. The Morgan fingerprint density at radius 3 is 2.07 bits per heavy atom.